The van der Waals surface area contributed by atoms with Gasteiger partial charge in [0.05, 0.1) is 5.60 Å². The Bertz CT molecular complexity index is 544. The summed E-state index contributed by atoms with van der Waals surface area (Å²) < 4.78 is 0. The molecule has 4 rings (SSSR count). The lowest BCUT2D eigenvalue weighted by atomic mass is 9.71. The molecule has 1 aromatic rings. The molecule has 0 amide bonds. The molecule has 0 aliphatic heterocycles. The second kappa shape index (κ2) is 4.63. The van der Waals surface area contributed by atoms with Crippen LogP contribution in [0.3, 0.4) is 0 Å². The Morgan fingerprint density at radius 1 is 1.20 bits per heavy atom. The Hall–Kier alpha value is -0.240. The zero-order valence-electron chi connectivity index (χ0n) is 11.5. The number of hydrogen-bond acceptors (Lipinski definition) is 1. The second-order valence-electron chi connectivity index (χ2n) is 7.08. The van der Waals surface area contributed by atoms with E-state index in [2.05, 4.69) is 0 Å². The van der Waals surface area contributed by atoms with Gasteiger partial charge in [-0.1, -0.05) is 29.6 Å². The van der Waals surface area contributed by atoms with Crippen LogP contribution in [0.4, 0.5) is 0 Å². The molecular weight excluding hydrogens is 291 g/mol. The first-order chi connectivity index (χ1) is 9.57. The number of fused-ring (bicyclic) bond motifs is 5. The molecule has 0 radical (unpaired) electrons. The van der Waals surface area contributed by atoms with E-state index in [1.54, 1.807) is 0 Å². The van der Waals surface area contributed by atoms with Gasteiger partial charge in [-0.15, -0.1) is 0 Å². The van der Waals surface area contributed by atoms with Crippen LogP contribution in [0.5, 0.6) is 0 Å². The summed E-state index contributed by atoms with van der Waals surface area (Å²) in [5, 5.41) is 12.6. The number of rotatable bonds is 2. The molecule has 108 valence electrons. The average Bonchev–Trinajstić information content (AvgIpc) is 3.04. The van der Waals surface area contributed by atoms with Crippen molar-refractivity contribution < 1.29 is 5.11 Å². The van der Waals surface area contributed by atoms with Crippen molar-refractivity contribution >= 4 is 23.2 Å². The van der Waals surface area contributed by atoms with E-state index in [1.165, 1.54) is 25.7 Å². The minimum absolute atomic E-state index is 0.482. The van der Waals surface area contributed by atoms with Crippen molar-refractivity contribution in [2.45, 2.75) is 44.1 Å². The molecule has 1 nitrogen and oxygen atoms in total. The highest BCUT2D eigenvalue weighted by atomic mass is 35.5. The van der Waals surface area contributed by atoms with Crippen LogP contribution in [0.2, 0.25) is 10.0 Å². The summed E-state index contributed by atoms with van der Waals surface area (Å²) in [5.74, 6) is 2.89. The molecule has 3 fully saturated rings. The SMILES string of the molecule is OC1(Cc2cc(Cl)ccc2Cl)CC2CC1C1CCCC21. The monoisotopic (exact) mass is 310 g/mol. The normalized spacial score (nSPS) is 42.1. The van der Waals surface area contributed by atoms with Crippen LogP contribution in [0.15, 0.2) is 18.2 Å². The van der Waals surface area contributed by atoms with Crippen molar-refractivity contribution in [1.82, 2.24) is 0 Å². The Balaban J connectivity index is 1.61. The van der Waals surface area contributed by atoms with Crippen LogP contribution in [0.25, 0.3) is 0 Å². The van der Waals surface area contributed by atoms with Gasteiger partial charge < -0.3 is 5.11 Å². The molecule has 20 heavy (non-hydrogen) atoms. The molecule has 2 bridgehead atoms. The molecule has 3 heteroatoms. The maximum absolute atomic E-state index is 11.2. The van der Waals surface area contributed by atoms with E-state index in [0.29, 0.717) is 17.4 Å². The second-order valence-corrected chi connectivity index (χ2v) is 7.92. The fraction of sp³-hybridized carbons (Fsp3) is 0.647. The number of aliphatic hydroxyl groups is 1. The van der Waals surface area contributed by atoms with E-state index in [-0.39, 0.29) is 0 Å². The number of halogens is 2. The van der Waals surface area contributed by atoms with E-state index in [9.17, 15) is 5.11 Å². The summed E-state index contributed by atoms with van der Waals surface area (Å²) in [5.41, 5.74) is 0.452. The highest BCUT2D eigenvalue weighted by Crippen LogP contribution is 2.63. The number of hydrogen-bond donors (Lipinski definition) is 1. The quantitative estimate of drug-likeness (QED) is 0.837. The van der Waals surface area contributed by atoms with Gasteiger partial charge in [-0.2, -0.15) is 0 Å². The Morgan fingerprint density at radius 2 is 2.00 bits per heavy atom. The molecule has 1 N–H and O–H groups in total. The van der Waals surface area contributed by atoms with Crippen molar-refractivity contribution in [3.8, 4) is 0 Å². The minimum Gasteiger partial charge on any atom is -0.389 e. The summed E-state index contributed by atoms with van der Waals surface area (Å²) in [6.45, 7) is 0. The first kappa shape index (κ1) is 13.4. The standard InChI is InChI=1S/C17H20Cl2O/c18-12-4-5-16(19)11(6-12)9-17(20)8-10-7-15(17)14-3-1-2-13(10)14/h4-6,10,13-15,20H,1-3,7-9H2. The average molecular weight is 311 g/mol. The zero-order valence-corrected chi connectivity index (χ0v) is 13.0. The maximum atomic E-state index is 11.2. The Labute approximate surface area is 130 Å². The molecule has 0 aromatic heterocycles. The minimum atomic E-state index is -0.551. The van der Waals surface area contributed by atoms with Crippen molar-refractivity contribution in [3.05, 3.63) is 33.8 Å². The first-order valence-corrected chi connectivity index (χ1v) is 8.49. The molecule has 5 atom stereocenters. The summed E-state index contributed by atoms with van der Waals surface area (Å²) in [4.78, 5) is 0. The summed E-state index contributed by atoms with van der Waals surface area (Å²) in [7, 11) is 0. The zero-order chi connectivity index (χ0) is 13.9. The topological polar surface area (TPSA) is 20.2 Å². The molecular formula is C17H20Cl2O. The van der Waals surface area contributed by atoms with Crippen LogP contribution in [0, 0.1) is 23.7 Å². The van der Waals surface area contributed by atoms with Gasteiger partial charge in [0.15, 0.2) is 0 Å². The maximum Gasteiger partial charge on any atom is 0.0722 e. The smallest absolute Gasteiger partial charge is 0.0722 e. The molecule has 3 saturated carbocycles. The van der Waals surface area contributed by atoms with Crippen LogP contribution < -0.4 is 0 Å². The largest absolute Gasteiger partial charge is 0.389 e. The van der Waals surface area contributed by atoms with Crippen molar-refractivity contribution in [1.29, 1.82) is 0 Å². The van der Waals surface area contributed by atoms with Gasteiger partial charge in [-0.05, 0) is 73.1 Å². The molecule has 1 aromatic carbocycles. The lowest BCUT2D eigenvalue weighted by molar-refractivity contribution is -0.0450. The van der Waals surface area contributed by atoms with Gasteiger partial charge >= 0.3 is 0 Å². The third-order valence-electron chi connectivity index (χ3n) is 6.11. The molecule has 5 unspecified atom stereocenters. The van der Waals surface area contributed by atoms with E-state index >= 15 is 0 Å². The molecule has 3 aliphatic rings. The fourth-order valence-electron chi connectivity index (χ4n) is 5.45. The molecule has 0 heterocycles. The number of benzene rings is 1. The van der Waals surface area contributed by atoms with E-state index in [4.69, 9.17) is 23.2 Å². The highest BCUT2D eigenvalue weighted by molar-refractivity contribution is 6.33. The van der Waals surface area contributed by atoms with Gasteiger partial charge in [0, 0.05) is 16.5 Å². The third kappa shape index (κ3) is 1.94. The van der Waals surface area contributed by atoms with Gasteiger partial charge in [0.25, 0.3) is 0 Å². The molecule has 0 spiro atoms. The Kier molecular flexibility index (Phi) is 3.11. The van der Waals surface area contributed by atoms with Crippen molar-refractivity contribution in [2.75, 3.05) is 0 Å². The first-order valence-electron chi connectivity index (χ1n) is 7.73. The predicted octanol–water partition coefficient (Wildman–Crippen LogP) is 4.72. The van der Waals surface area contributed by atoms with Crippen LogP contribution in [0.1, 0.15) is 37.7 Å². The van der Waals surface area contributed by atoms with Crippen molar-refractivity contribution in [3.63, 3.8) is 0 Å². The van der Waals surface area contributed by atoms with E-state index in [1.807, 2.05) is 18.2 Å². The molecule has 0 saturated heterocycles. The lowest BCUT2D eigenvalue weighted by Gasteiger charge is -2.39. The summed E-state index contributed by atoms with van der Waals surface area (Å²) in [6, 6.07) is 5.57. The summed E-state index contributed by atoms with van der Waals surface area (Å²) in [6.07, 6.45) is 6.91. The van der Waals surface area contributed by atoms with E-state index in [0.717, 1.165) is 34.8 Å². The summed E-state index contributed by atoms with van der Waals surface area (Å²) >= 11 is 12.4. The fourth-order valence-corrected chi connectivity index (χ4v) is 5.83. The third-order valence-corrected chi connectivity index (χ3v) is 6.72. The van der Waals surface area contributed by atoms with Crippen LogP contribution in [-0.2, 0) is 6.42 Å². The van der Waals surface area contributed by atoms with Crippen molar-refractivity contribution in [2.24, 2.45) is 23.7 Å². The van der Waals surface area contributed by atoms with Gasteiger partial charge in [-0.25, -0.2) is 0 Å². The predicted molar refractivity (Wildman–Crippen MR) is 82.2 cm³/mol. The molecule has 3 aliphatic carbocycles. The lowest BCUT2D eigenvalue weighted by Crippen LogP contribution is -2.43. The highest BCUT2D eigenvalue weighted by Gasteiger charge is 2.60. The van der Waals surface area contributed by atoms with Crippen LogP contribution in [-0.4, -0.2) is 10.7 Å². The van der Waals surface area contributed by atoms with E-state index < -0.39 is 5.60 Å². The Morgan fingerprint density at radius 3 is 2.85 bits per heavy atom. The van der Waals surface area contributed by atoms with Gasteiger partial charge in [0.2, 0.25) is 0 Å². The van der Waals surface area contributed by atoms with Gasteiger partial charge in [-0.3, -0.25) is 0 Å². The van der Waals surface area contributed by atoms with Gasteiger partial charge in [0.1, 0.15) is 0 Å². The van der Waals surface area contributed by atoms with Crippen LogP contribution >= 0.6 is 23.2 Å².